The molecule has 2 aromatic carbocycles. The van der Waals surface area contributed by atoms with Gasteiger partial charge < -0.3 is 24.8 Å². The molecule has 1 saturated carbocycles. The predicted molar refractivity (Wildman–Crippen MR) is 178 cm³/mol. The number of likely N-dealkylation sites (tertiary alicyclic amines) is 1. The monoisotopic (exact) mass is 677 g/mol. The van der Waals surface area contributed by atoms with Gasteiger partial charge in [-0.3, -0.25) is 14.2 Å². The number of nitrogens with zero attached hydrogens (tertiary/aromatic N) is 2. The Kier molecular flexibility index (Phi) is 9.25. The Labute approximate surface area is 284 Å². The molecular weight excluding hydrogens is 632 g/mol. The summed E-state index contributed by atoms with van der Waals surface area (Å²) in [7, 11) is 0. The third kappa shape index (κ3) is 6.13. The Morgan fingerprint density at radius 1 is 0.959 bits per heavy atom. The van der Waals surface area contributed by atoms with E-state index in [2.05, 4.69) is 5.32 Å². The molecule has 49 heavy (non-hydrogen) atoms. The van der Waals surface area contributed by atoms with Crippen molar-refractivity contribution in [1.82, 2.24) is 14.8 Å². The number of halogens is 2. The van der Waals surface area contributed by atoms with E-state index in [-0.39, 0.29) is 48.5 Å². The van der Waals surface area contributed by atoms with E-state index in [9.17, 15) is 28.3 Å². The van der Waals surface area contributed by atoms with Crippen LogP contribution in [-0.2, 0) is 30.9 Å². The Hall–Kier alpha value is -3.83. The van der Waals surface area contributed by atoms with Gasteiger partial charge in [-0.1, -0.05) is 19.1 Å². The zero-order valence-corrected chi connectivity index (χ0v) is 28.1. The van der Waals surface area contributed by atoms with Gasteiger partial charge in [-0.15, -0.1) is 0 Å². The average Bonchev–Trinajstić information content (AvgIpc) is 3.42. The van der Waals surface area contributed by atoms with E-state index >= 15 is 0 Å². The SMILES string of the molecule is C[C@H]1C[C@@H](C(=O)O)CC[C@@H]1NC(=O)[C@@]1(c2ccc(F)cc2)CCN(C(=O)n2c3c(c4ccc(F)cc42)C(C2CCOCC2)OCC3)[C@@H](C)C1. The summed E-state index contributed by atoms with van der Waals surface area (Å²) in [5.74, 6) is -2.04. The maximum Gasteiger partial charge on any atom is 0.329 e. The molecule has 6 atom stereocenters. The summed E-state index contributed by atoms with van der Waals surface area (Å²) in [4.78, 5) is 42.4. The van der Waals surface area contributed by atoms with Crippen LogP contribution in [0.4, 0.5) is 13.6 Å². The normalized spacial score (nSPS) is 29.4. The number of aromatic nitrogens is 1. The number of nitrogens with one attached hydrogen (secondary N) is 1. The standard InChI is InChI=1S/C38H45F2N3O6/c1-22-19-25(35(44)45)3-10-30(22)41-36(46)38(26-4-6-27(39)7-5-26)14-15-42(23(2)21-38)37(47)43-31-13-18-49-34(24-11-16-48-17-12-24)33(31)29-9-8-28(40)20-32(29)43/h4-9,20,22-25,30,34H,3,10-19,21H2,1-2H3,(H,41,46)(H,44,45)/t22-,23-,25-,30-,34?,38-/m0/s1. The molecular formula is C38H45F2N3O6. The number of carboxylic acid groups (broad SMARTS) is 1. The molecule has 1 unspecified atom stereocenters. The van der Waals surface area contributed by atoms with E-state index in [0.29, 0.717) is 69.4 Å². The number of carboxylic acids is 1. The van der Waals surface area contributed by atoms with E-state index in [0.717, 1.165) is 29.5 Å². The summed E-state index contributed by atoms with van der Waals surface area (Å²) in [6, 6.07) is 9.80. The summed E-state index contributed by atoms with van der Waals surface area (Å²) in [6.07, 6.45) is 4.15. The van der Waals surface area contributed by atoms with Gasteiger partial charge in [-0.25, -0.2) is 13.6 Å². The van der Waals surface area contributed by atoms with Gasteiger partial charge in [-0.05, 0) is 99.6 Å². The quantitative estimate of drug-likeness (QED) is 0.326. The third-order valence-electron chi connectivity index (χ3n) is 11.7. The van der Waals surface area contributed by atoms with Crippen LogP contribution in [0, 0.1) is 29.4 Å². The molecule has 7 rings (SSSR count). The molecule has 4 aliphatic rings. The zero-order chi connectivity index (χ0) is 34.4. The Morgan fingerprint density at radius 3 is 2.39 bits per heavy atom. The van der Waals surface area contributed by atoms with Crippen LogP contribution in [0.2, 0.25) is 0 Å². The number of hydrogen-bond donors (Lipinski definition) is 2. The summed E-state index contributed by atoms with van der Waals surface area (Å²) < 4.78 is 42.6. The zero-order valence-electron chi connectivity index (χ0n) is 28.1. The number of rotatable bonds is 5. The number of fused-ring (bicyclic) bond motifs is 3. The lowest BCUT2D eigenvalue weighted by Gasteiger charge is -2.46. The molecule has 4 heterocycles. The number of aliphatic carboxylic acids is 1. The van der Waals surface area contributed by atoms with Crippen molar-refractivity contribution in [2.75, 3.05) is 26.4 Å². The van der Waals surface area contributed by atoms with Crippen LogP contribution in [0.1, 0.15) is 81.7 Å². The van der Waals surface area contributed by atoms with Gasteiger partial charge >= 0.3 is 12.0 Å². The van der Waals surface area contributed by atoms with Gasteiger partial charge in [0.15, 0.2) is 0 Å². The molecule has 1 aliphatic carbocycles. The highest BCUT2D eigenvalue weighted by molar-refractivity contribution is 5.96. The van der Waals surface area contributed by atoms with Crippen molar-refractivity contribution in [3.8, 4) is 0 Å². The molecule has 11 heteroatoms. The molecule has 0 spiro atoms. The summed E-state index contributed by atoms with van der Waals surface area (Å²) in [6.45, 7) is 5.92. The number of amides is 2. The predicted octanol–water partition coefficient (Wildman–Crippen LogP) is 6.36. The van der Waals surface area contributed by atoms with Gasteiger partial charge in [0.2, 0.25) is 5.91 Å². The highest BCUT2D eigenvalue weighted by Gasteiger charge is 2.48. The lowest BCUT2D eigenvalue weighted by atomic mass is 9.69. The van der Waals surface area contributed by atoms with Crippen LogP contribution in [-0.4, -0.2) is 70.9 Å². The molecule has 2 amide bonds. The number of carbonyl (C=O) groups is 3. The number of carbonyl (C=O) groups excluding carboxylic acids is 2. The van der Waals surface area contributed by atoms with Crippen molar-refractivity contribution in [2.45, 2.75) is 88.8 Å². The minimum absolute atomic E-state index is 0.0225. The van der Waals surface area contributed by atoms with Crippen LogP contribution in [0.5, 0.6) is 0 Å². The molecule has 2 N–H and O–H groups in total. The summed E-state index contributed by atoms with van der Waals surface area (Å²) in [5, 5.41) is 13.6. The van der Waals surface area contributed by atoms with Crippen molar-refractivity contribution in [3.63, 3.8) is 0 Å². The largest absolute Gasteiger partial charge is 0.481 e. The van der Waals surface area contributed by atoms with Crippen molar-refractivity contribution < 1.29 is 37.7 Å². The maximum absolute atomic E-state index is 14.8. The Morgan fingerprint density at radius 2 is 1.69 bits per heavy atom. The molecule has 2 saturated heterocycles. The number of piperidine rings is 1. The van der Waals surface area contributed by atoms with Crippen LogP contribution in [0.15, 0.2) is 42.5 Å². The molecule has 1 aromatic heterocycles. The maximum atomic E-state index is 14.8. The molecule has 3 aromatic rings. The second kappa shape index (κ2) is 13.5. The van der Waals surface area contributed by atoms with Crippen molar-refractivity contribution in [1.29, 1.82) is 0 Å². The number of benzene rings is 2. The van der Waals surface area contributed by atoms with Crippen molar-refractivity contribution in [3.05, 3.63) is 70.9 Å². The first-order valence-corrected chi connectivity index (χ1v) is 17.7. The van der Waals surface area contributed by atoms with E-state index in [1.54, 1.807) is 27.7 Å². The fourth-order valence-electron chi connectivity index (χ4n) is 9.05. The van der Waals surface area contributed by atoms with Crippen molar-refractivity contribution >= 4 is 28.8 Å². The lowest BCUT2D eigenvalue weighted by Crippen LogP contribution is -2.58. The third-order valence-corrected chi connectivity index (χ3v) is 11.7. The second-order valence-corrected chi connectivity index (χ2v) is 14.6. The Bertz CT molecular complexity index is 1740. The van der Waals surface area contributed by atoms with Crippen LogP contribution in [0.3, 0.4) is 0 Å². The van der Waals surface area contributed by atoms with E-state index in [1.807, 2.05) is 13.8 Å². The van der Waals surface area contributed by atoms with E-state index < -0.39 is 28.9 Å². The minimum Gasteiger partial charge on any atom is -0.481 e. The van der Waals surface area contributed by atoms with Gasteiger partial charge in [0, 0.05) is 54.9 Å². The molecule has 0 bridgehead atoms. The van der Waals surface area contributed by atoms with Crippen LogP contribution >= 0.6 is 0 Å². The molecule has 262 valence electrons. The first kappa shape index (κ1) is 33.7. The van der Waals surface area contributed by atoms with Gasteiger partial charge in [0.1, 0.15) is 11.6 Å². The first-order chi connectivity index (χ1) is 23.6. The van der Waals surface area contributed by atoms with Crippen LogP contribution < -0.4 is 5.32 Å². The summed E-state index contributed by atoms with van der Waals surface area (Å²) >= 11 is 0. The fourth-order valence-corrected chi connectivity index (χ4v) is 9.05. The highest BCUT2D eigenvalue weighted by Crippen LogP contribution is 2.45. The highest BCUT2D eigenvalue weighted by atomic mass is 19.1. The lowest BCUT2D eigenvalue weighted by molar-refractivity contribution is -0.143. The number of ether oxygens (including phenoxy) is 2. The molecule has 9 nitrogen and oxygen atoms in total. The van der Waals surface area contributed by atoms with Gasteiger partial charge in [-0.2, -0.15) is 0 Å². The molecule has 3 aliphatic heterocycles. The number of hydrogen-bond acceptors (Lipinski definition) is 5. The van der Waals surface area contributed by atoms with Gasteiger partial charge in [0.25, 0.3) is 0 Å². The molecule has 0 radical (unpaired) electrons. The van der Waals surface area contributed by atoms with Crippen molar-refractivity contribution in [2.24, 2.45) is 17.8 Å². The smallest absolute Gasteiger partial charge is 0.329 e. The van der Waals surface area contributed by atoms with E-state index in [1.165, 1.54) is 24.3 Å². The summed E-state index contributed by atoms with van der Waals surface area (Å²) in [5.41, 5.74) is 1.97. The molecule has 3 fully saturated rings. The average molecular weight is 678 g/mol. The Balaban J connectivity index is 1.19. The first-order valence-electron chi connectivity index (χ1n) is 17.7. The van der Waals surface area contributed by atoms with Gasteiger partial charge in [0.05, 0.1) is 29.6 Å². The second-order valence-electron chi connectivity index (χ2n) is 14.6. The van der Waals surface area contributed by atoms with Crippen LogP contribution in [0.25, 0.3) is 10.9 Å². The topological polar surface area (TPSA) is 110 Å². The minimum atomic E-state index is -1.03. The van der Waals surface area contributed by atoms with E-state index in [4.69, 9.17) is 9.47 Å². The fraction of sp³-hybridized carbons (Fsp3) is 0.553.